The third-order valence-electron chi connectivity index (χ3n) is 2.23. The largest absolute Gasteiger partial charge is 0.418 e. The van der Waals surface area contributed by atoms with Gasteiger partial charge in [-0.25, -0.2) is 4.99 Å². The lowest BCUT2D eigenvalue weighted by molar-refractivity contribution is -0.136. The Morgan fingerprint density at radius 1 is 1.16 bits per heavy atom. The molecule has 2 aromatic rings. The molecular formula is C12H10F3N3S. The van der Waals surface area contributed by atoms with Crippen molar-refractivity contribution in [2.24, 2.45) is 10.7 Å². The molecule has 0 bridgehead atoms. The summed E-state index contributed by atoms with van der Waals surface area (Å²) >= 11 is 1.34. The zero-order valence-electron chi connectivity index (χ0n) is 9.61. The van der Waals surface area contributed by atoms with Crippen LogP contribution < -0.4 is 11.1 Å². The highest BCUT2D eigenvalue weighted by Gasteiger charge is 2.33. The van der Waals surface area contributed by atoms with Gasteiger partial charge in [-0.05, 0) is 29.6 Å². The van der Waals surface area contributed by atoms with Gasteiger partial charge in [-0.15, -0.1) is 11.3 Å². The molecule has 0 aliphatic rings. The number of nitrogens with one attached hydrogen (secondary N) is 1. The number of hydrogen-bond donors (Lipinski definition) is 2. The van der Waals surface area contributed by atoms with Gasteiger partial charge in [0.2, 0.25) is 0 Å². The predicted molar refractivity (Wildman–Crippen MR) is 70.7 cm³/mol. The van der Waals surface area contributed by atoms with Crippen LogP contribution in [0.5, 0.6) is 0 Å². The van der Waals surface area contributed by atoms with E-state index in [-0.39, 0.29) is 11.6 Å². The Balaban J connectivity index is 2.24. The Kier molecular flexibility index (Phi) is 3.75. The minimum atomic E-state index is -4.44. The number of nitrogens with zero attached hydrogens (tertiary/aromatic N) is 1. The number of hydrogen-bond acceptors (Lipinski definition) is 2. The van der Waals surface area contributed by atoms with Gasteiger partial charge in [0.25, 0.3) is 0 Å². The summed E-state index contributed by atoms with van der Waals surface area (Å²) in [6.07, 6.45) is -4.44. The molecule has 1 heterocycles. The average molecular weight is 285 g/mol. The molecule has 7 heteroatoms. The fourth-order valence-corrected chi connectivity index (χ4v) is 2.06. The van der Waals surface area contributed by atoms with Crippen molar-refractivity contribution in [1.29, 1.82) is 0 Å². The van der Waals surface area contributed by atoms with Crippen molar-refractivity contribution in [1.82, 2.24) is 0 Å². The summed E-state index contributed by atoms with van der Waals surface area (Å²) in [7, 11) is 0. The Labute approximate surface area is 111 Å². The molecule has 2 rings (SSSR count). The van der Waals surface area contributed by atoms with E-state index in [1.165, 1.54) is 29.5 Å². The van der Waals surface area contributed by atoms with E-state index in [2.05, 4.69) is 10.3 Å². The zero-order valence-corrected chi connectivity index (χ0v) is 10.4. The van der Waals surface area contributed by atoms with Gasteiger partial charge in [-0.3, -0.25) is 0 Å². The molecule has 0 aliphatic heterocycles. The Bertz CT molecular complexity index is 576. The van der Waals surface area contributed by atoms with Gasteiger partial charge in [-0.1, -0.05) is 12.1 Å². The fraction of sp³-hybridized carbons (Fsp3) is 0.0833. The monoisotopic (exact) mass is 285 g/mol. The van der Waals surface area contributed by atoms with Crippen molar-refractivity contribution in [3.8, 4) is 0 Å². The number of halogens is 3. The quantitative estimate of drug-likeness (QED) is 0.651. The normalized spacial score (nSPS) is 12.5. The summed E-state index contributed by atoms with van der Waals surface area (Å²) in [6, 6.07) is 8.60. The van der Waals surface area contributed by atoms with Gasteiger partial charge in [0, 0.05) is 0 Å². The highest BCUT2D eigenvalue weighted by molar-refractivity contribution is 7.13. The van der Waals surface area contributed by atoms with Crippen molar-refractivity contribution in [2.45, 2.75) is 6.18 Å². The molecule has 0 radical (unpaired) electrons. The van der Waals surface area contributed by atoms with Crippen molar-refractivity contribution in [2.75, 3.05) is 5.32 Å². The van der Waals surface area contributed by atoms with Crippen LogP contribution in [-0.4, -0.2) is 5.96 Å². The van der Waals surface area contributed by atoms with Gasteiger partial charge < -0.3 is 11.1 Å². The highest BCUT2D eigenvalue weighted by Crippen LogP contribution is 2.34. The van der Waals surface area contributed by atoms with Gasteiger partial charge in [0.15, 0.2) is 5.96 Å². The first-order valence-electron chi connectivity index (χ1n) is 5.28. The molecule has 0 amide bonds. The van der Waals surface area contributed by atoms with Crippen molar-refractivity contribution in [3.63, 3.8) is 0 Å². The number of nitrogens with two attached hydrogens (primary N) is 1. The maximum atomic E-state index is 12.8. The number of alkyl halides is 3. The van der Waals surface area contributed by atoms with E-state index in [0.717, 1.165) is 6.07 Å². The van der Waals surface area contributed by atoms with Crippen LogP contribution in [0.1, 0.15) is 5.56 Å². The molecule has 0 unspecified atom stereocenters. The summed E-state index contributed by atoms with van der Waals surface area (Å²) in [6.45, 7) is 0. The fourth-order valence-electron chi connectivity index (χ4n) is 1.46. The Morgan fingerprint density at radius 3 is 2.53 bits per heavy atom. The first-order valence-corrected chi connectivity index (χ1v) is 6.16. The molecule has 19 heavy (non-hydrogen) atoms. The third kappa shape index (κ3) is 3.47. The van der Waals surface area contributed by atoms with Crippen LogP contribution in [0, 0.1) is 0 Å². The van der Waals surface area contributed by atoms with Crippen molar-refractivity contribution < 1.29 is 13.2 Å². The predicted octanol–water partition coefficient (Wildman–Crippen LogP) is 3.83. The number of benzene rings is 1. The third-order valence-corrected chi connectivity index (χ3v) is 2.99. The molecule has 0 aliphatic carbocycles. The second-order valence-corrected chi connectivity index (χ2v) is 4.54. The molecule has 0 spiro atoms. The van der Waals surface area contributed by atoms with Crippen LogP contribution in [-0.2, 0) is 6.18 Å². The zero-order chi connectivity index (χ0) is 13.9. The van der Waals surface area contributed by atoms with Gasteiger partial charge in [0.05, 0.1) is 11.3 Å². The Morgan fingerprint density at radius 2 is 1.89 bits per heavy atom. The van der Waals surface area contributed by atoms with Crippen LogP contribution >= 0.6 is 11.3 Å². The van der Waals surface area contributed by atoms with Crippen LogP contribution in [0.3, 0.4) is 0 Å². The maximum absolute atomic E-state index is 12.8. The standard InChI is InChI=1S/C12H10F3N3S/c13-12(14,15)8-4-1-2-5-9(8)17-11(16)18-10-6-3-7-19-10/h1-7H,(H3,16,17,18). The van der Waals surface area contributed by atoms with Gasteiger partial charge >= 0.3 is 6.18 Å². The molecule has 0 saturated carbocycles. The minimum Gasteiger partial charge on any atom is -0.369 e. The Hall–Kier alpha value is -2.02. The van der Waals surface area contributed by atoms with E-state index in [0.29, 0.717) is 5.00 Å². The van der Waals surface area contributed by atoms with Crippen LogP contribution in [0.2, 0.25) is 0 Å². The molecule has 1 aromatic heterocycles. The summed E-state index contributed by atoms with van der Waals surface area (Å²) in [5.74, 6) is -0.0841. The second kappa shape index (κ2) is 5.31. The van der Waals surface area contributed by atoms with Gasteiger partial charge in [0.1, 0.15) is 5.00 Å². The number of aliphatic imine (C=N–C) groups is 1. The number of para-hydroxylation sites is 1. The molecule has 1 aromatic carbocycles. The van der Waals surface area contributed by atoms with E-state index < -0.39 is 11.7 Å². The second-order valence-electron chi connectivity index (χ2n) is 3.62. The minimum absolute atomic E-state index is 0.0841. The SMILES string of the molecule is NC(=Nc1cccs1)Nc1ccccc1C(F)(F)F. The topological polar surface area (TPSA) is 50.4 Å². The van der Waals surface area contributed by atoms with E-state index >= 15 is 0 Å². The maximum Gasteiger partial charge on any atom is 0.418 e. The smallest absolute Gasteiger partial charge is 0.369 e. The van der Waals surface area contributed by atoms with Crippen molar-refractivity contribution in [3.05, 3.63) is 47.3 Å². The summed E-state index contributed by atoms with van der Waals surface area (Å²) in [5, 5.41) is 4.89. The van der Waals surface area contributed by atoms with E-state index in [4.69, 9.17) is 5.73 Å². The molecule has 100 valence electrons. The molecule has 3 N–H and O–H groups in total. The highest BCUT2D eigenvalue weighted by atomic mass is 32.1. The first kappa shape index (κ1) is 13.4. The van der Waals surface area contributed by atoms with Crippen molar-refractivity contribution >= 4 is 28.0 Å². The number of rotatable bonds is 2. The number of anilines is 1. The molecule has 0 atom stereocenters. The average Bonchev–Trinajstić information content (AvgIpc) is 2.81. The lowest BCUT2D eigenvalue weighted by Crippen LogP contribution is -2.23. The van der Waals surface area contributed by atoms with E-state index in [1.54, 1.807) is 17.5 Å². The lowest BCUT2D eigenvalue weighted by Gasteiger charge is -2.13. The lowest BCUT2D eigenvalue weighted by atomic mass is 10.1. The molecule has 0 saturated heterocycles. The number of thiophene rings is 1. The summed E-state index contributed by atoms with van der Waals surface area (Å²) in [5.41, 5.74) is 4.69. The summed E-state index contributed by atoms with van der Waals surface area (Å²) < 4.78 is 38.3. The first-order chi connectivity index (χ1) is 8.97. The molecular weight excluding hydrogens is 275 g/mol. The van der Waals surface area contributed by atoms with Crippen LogP contribution in [0.25, 0.3) is 0 Å². The molecule has 0 fully saturated rings. The van der Waals surface area contributed by atoms with Gasteiger partial charge in [-0.2, -0.15) is 13.2 Å². The van der Waals surface area contributed by atoms with E-state index in [9.17, 15) is 13.2 Å². The molecule has 3 nitrogen and oxygen atoms in total. The van der Waals surface area contributed by atoms with E-state index in [1.807, 2.05) is 0 Å². The van der Waals surface area contributed by atoms with Crippen LogP contribution in [0.4, 0.5) is 23.9 Å². The number of guanidine groups is 1. The summed E-state index contributed by atoms with van der Waals surface area (Å²) in [4.78, 5) is 3.97. The van der Waals surface area contributed by atoms with Crippen LogP contribution in [0.15, 0.2) is 46.8 Å².